The van der Waals surface area contributed by atoms with Crippen LogP contribution in [0.2, 0.25) is 0 Å². The molecular weight excluding hydrogens is 479 g/mol. The molecule has 4 aromatic rings. The summed E-state index contributed by atoms with van der Waals surface area (Å²) in [6.45, 7) is 8.64. The molecule has 2 aliphatic heterocycles. The Kier molecular flexibility index (Phi) is 5.56. The number of rotatable bonds is 3. The van der Waals surface area contributed by atoms with Crippen LogP contribution >= 0.6 is 0 Å². The minimum atomic E-state index is -0.499. The van der Waals surface area contributed by atoms with Crippen LogP contribution in [0.1, 0.15) is 46.7 Å². The van der Waals surface area contributed by atoms with E-state index in [9.17, 15) is 4.79 Å². The average Bonchev–Trinajstić information content (AvgIpc) is 3.21. The predicted octanol–water partition coefficient (Wildman–Crippen LogP) is 5.90. The molecule has 1 unspecified atom stereocenters. The lowest BCUT2D eigenvalue weighted by atomic mass is 9.57. The first kappa shape index (κ1) is 24.3. The van der Waals surface area contributed by atoms with Crippen LogP contribution in [-0.4, -0.2) is 26.6 Å². The number of methoxy groups -OCH3 is 1. The fraction of sp³-hybridized carbons (Fsp3) is 0.324. The van der Waals surface area contributed by atoms with E-state index in [2.05, 4.69) is 97.1 Å². The van der Waals surface area contributed by atoms with Crippen molar-refractivity contribution in [2.45, 2.75) is 53.0 Å². The number of esters is 1. The maximum atomic E-state index is 12.9. The summed E-state index contributed by atoms with van der Waals surface area (Å²) >= 11 is 0. The molecule has 2 heterocycles. The highest BCUT2D eigenvalue weighted by molar-refractivity contribution is 6.82. The quantitative estimate of drug-likeness (QED) is 0.252. The zero-order valence-electron chi connectivity index (χ0n) is 23.4. The number of nitrogens with zero attached hydrogens (tertiary/aromatic N) is 2. The molecule has 0 N–H and O–H groups in total. The van der Waals surface area contributed by atoms with Crippen LogP contribution < -0.4 is 15.1 Å². The van der Waals surface area contributed by atoms with Gasteiger partial charge in [0.05, 0.1) is 12.5 Å². The van der Waals surface area contributed by atoms with Gasteiger partial charge in [0.2, 0.25) is 0 Å². The Labute approximate surface area is 231 Å². The van der Waals surface area contributed by atoms with Crippen molar-refractivity contribution in [1.82, 2.24) is 0 Å². The summed E-state index contributed by atoms with van der Waals surface area (Å²) in [6, 6.07) is 24.4. The van der Waals surface area contributed by atoms with E-state index in [-0.39, 0.29) is 13.0 Å². The summed E-state index contributed by atoms with van der Waals surface area (Å²) in [6.07, 6.45) is 3.67. The number of carbonyl (C=O) groups excluding carboxylic acids is 1. The standard InChI is InChI=1S/C34H35BN2O2/c1-22-26-15-10-18-36-29-16-8-13-25-14-9-17-30(31(25)29)37(21-24-11-6-5-7-12-24)35(36)32(26)23(2)28-20-34(3,19-27(22)28)33(38)39-4/h5-9,11-14,16-17H,10,15,18-21H2,1-4H3. The first-order valence-electron chi connectivity index (χ1n) is 14.2. The van der Waals surface area contributed by atoms with Crippen molar-refractivity contribution in [3.63, 3.8) is 0 Å². The minimum Gasteiger partial charge on any atom is -0.469 e. The molecule has 5 heteroatoms. The number of hydrogen-bond donors (Lipinski definition) is 0. The topological polar surface area (TPSA) is 32.8 Å². The van der Waals surface area contributed by atoms with E-state index >= 15 is 0 Å². The molecule has 0 radical (unpaired) electrons. The highest BCUT2D eigenvalue weighted by atomic mass is 16.5. The molecule has 0 bridgehead atoms. The summed E-state index contributed by atoms with van der Waals surface area (Å²) in [5.74, 6) is -0.0988. The molecule has 196 valence electrons. The molecule has 1 atom stereocenters. The van der Waals surface area contributed by atoms with E-state index in [0.717, 1.165) is 38.8 Å². The molecular formula is C34H35BN2O2. The van der Waals surface area contributed by atoms with Crippen molar-refractivity contribution in [2.24, 2.45) is 5.41 Å². The second-order valence-corrected chi connectivity index (χ2v) is 11.9. The summed E-state index contributed by atoms with van der Waals surface area (Å²) in [5, 5.41) is 2.64. The van der Waals surface area contributed by atoms with Gasteiger partial charge in [-0.3, -0.25) is 4.79 Å². The molecule has 0 spiro atoms. The van der Waals surface area contributed by atoms with Gasteiger partial charge in [-0.2, -0.15) is 0 Å². The van der Waals surface area contributed by atoms with Gasteiger partial charge in [-0.25, -0.2) is 0 Å². The number of anilines is 2. The average molecular weight is 514 g/mol. The van der Waals surface area contributed by atoms with Gasteiger partial charge < -0.3 is 14.4 Å². The molecule has 4 aromatic carbocycles. The SMILES string of the molecule is COC(=O)C1(C)Cc2c(C)c3c(c(C)c2C1)B1N(CCC3)c2cccc3cccc(c23)N1Cc1ccccc1. The first-order chi connectivity index (χ1) is 18.9. The fourth-order valence-corrected chi connectivity index (χ4v) is 7.75. The van der Waals surface area contributed by atoms with Gasteiger partial charge in [0.25, 0.3) is 0 Å². The summed E-state index contributed by atoms with van der Waals surface area (Å²) in [7, 11) is 1.52. The maximum Gasteiger partial charge on any atom is 0.412 e. The monoisotopic (exact) mass is 514 g/mol. The lowest BCUT2D eigenvalue weighted by molar-refractivity contribution is -0.151. The summed E-state index contributed by atoms with van der Waals surface area (Å²) in [4.78, 5) is 18.2. The Bertz CT molecular complexity index is 1630. The Morgan fingerprint density at radius 3 is 2.31 bits per heavy atom. The molecule has 0 saturated carbocycles. The second kappa shape index (κ2) is 8.91. The van der Waals surface area contributed by atoms with Crippen LogP contribution in [0, 0.1) is 19.3 Å². The van der Waals surface area contributed by atoms with Crippen molar-refractivity contribution in [3.8, 4) is 0 Å². The van der Waals surface area contributed by atoms with E-state index in [1.54, 1.807) is 0 Å². The van der Waals surface area contributed by atoms with Gasteiger partial charge in [0, 0.05) is 29.9 Å². The Hall–Kier alpha value is -3.73. The number of fused-ring (bicyclic) bond motifs is 5. The van der Waals surface area contributed by atoms with E-state index < -0.39 is 5.41 Å². The Balaban J connectivity index is 1.47. The number of carbonyl (C=O) groups is 1. The number of benzene rings is 4. The highest BCUT2D eigenvalue weighted by Crippen LogP contribution is 2.45. The van der Waals surface area contributed by atoms with E-state index in [1.165, 1.54) is 68.1 Å². The van der Waals surface area contributed by atoms with Crippen LogP contribution in [-0.2, 0) is 35.3 Å². The molecule has 39 heavy (non-hydrogen) atoms. The zero-order valence-corrected chi connectivity index (χ0v) is 23.4. The van der Waals surface area contributed by atoms with Crippen LogP contribution in [0.4, 0.5) is 11.4 Å². The van der Waals surface area contributed by atoms with E-state index in [1.807, 2.05) is 0 Å². The van der Waals surface area contributed by atoms with Gasteiger partial charge in [0.15, 0.2) is 0 Å². The highest BCUT2D eigenvalue weighted by Gasteiger charge is 2.47. The third kappa shape index (κ3) is 3.55. The Morgan fingerprint density at radius 1 is 0.897 bits per heavy atom. The van der Waals surface area contributed by atoms with Gasteiger partial charge in [-0.05, 0) is 103 Å². The minimum absolute atomic E-state index is 0.0946. The van der Waals surface area contributed by atoms with E-state index in [0.29, 0.717) is 0 Å². The van der Waals surface area contributed by atoms with Gasteiger partial charge in [0.1, 0.15) is 0 Å². The predicted molar refractivity (Wildman–Crippen MR) is 161 cm³/mol. The lowest BCUT2D eigenvalue weighted by Crippen LogP contribution is -2.63. The van der Waals surface area contributed by atoms with Crippen molar-refractivity contribution in [2.75, 3.05) is 23.3 Å². The normalized spacial score (nSPS) is 19.4. The molecule has 0 amide bonds. The third-order valence-corrected chi connectivity index (χ3v) is 9.61. The molecule has 0 saturated heterocycles. The third-order valence-electron chi connectivity index (χ3n) is 9.61. The molecule has 3 aliphatic rings. The van der Waals surface area contributed by atoms with Gasteiger partial charge in [-0.15, -0.1) is 0 Å². The van der Waals surface area contributed by atoms with Crippen LogP contribution in [0.15, 0.2) is 66.7 Å². The van der Waals surface area contributed by atoms with Crippen molar-refractivity contribution in [3.05, 3.63) is 100 Å². The van der Waals surface area contributed by atoms with Crippen LogP contribution in [0.25, 0.3) is 10.8 Å². The first-order valence-corrected chi connectivity index (χ1v) is 14.2. The molecule has 0 aromatic heterocycles. The summed E-state index contributed by atoms with van der Waals surface area (Å²) in [5.41, 5.74) is 11.9. The maximum absolute atomic E-state index is 12.9. The smallest absolute Gasteiger partial charge is 0.412 e. The summed E-state index contributed by atoms with van der Waals surface area (Å²) < 4.78 is 5.28. The van der Waals surface area contributed by atoms with Crippen molar-refractivity contribution < 1.29 is 9.53 Å². The molecule has 7 rings (SSSR count). The lowest BCUT2D eigenvalue weighted by Gasteiger charge is -2.45. The van der Waals surface area contributed by atoms with Gasteiger partial charge in [-0.1, -0.05) is 54.6 Å². The largest absolute Gasteiger partial charge is 0.469 e. The van der Waals surface area contributed by atoms with Crippen molar-refractivity contribution >= 4 is 40.6 Å². The molecule has 0 fully saturated rings. The number of hydrogen-bond acceptors (Lipinski definition) is 4. The fourth-order valence-electron chi connectivity index (χ4n) is 7.75. The van der Waals surface area contributed by atoms with Crippen molar-refractivity contribution in [1.29, 1.82) is 0 Å². The molecule has 1 aliphatic carbocycles. The van der Waals surface area contributed by atoms with E-state index in [4.69, 9.17) is 4.74 Å². The second-order valence-electron chi connectivity index (χ2n) is 11.9. The molecule has 4 nitrogen and oxygen atoms in total. The van der Waals surface area contributed by atoms with Gasteiger partial charge >= 0.3 is 13.0 Å². The Morgan fingerprint density at radius 2 is 1.59 bits per heavy atom. The number of ether oxygens (including phenoxy) is 1. The zero-order chi connectivity index (χ0) is 26.9. The van der Waals surface area contributed by atoms with Crippen LogP contribution in [0.5, 0.6) is 0 Å². The van der Waals surface area contributed by atoms with Crippen LogP contribution in [0.3, 0.4) is 0 Å².